The molecule has 1 aliphatic carbocycles. The van der Waals surface area contributed by atoms with Gasteiger partial charge in [-0.2, -0.15) is 0 Å². The van der Waals surface area contributed by atoms with Gasteiger partial charge in [0, 0.05) is 49.3 Å². The normalized spacial score (nSPS) is 16.6. The molecule has 0 atom stereocenters. The fraction of sp³-hybridized carbons (Fsp3) is 0.263. The Morgan fingerprint density at radius 3 is 2.32 bits per heavy atom. The fourth-order valence-corrected chi connectivity index (χ4v) is 3.04. The molecule has 0 amide bonds. The first kappa shape index (κ1) is 16.8. The third-order valence-corrected chi connectivity index (χ3v) is 4.31. The van der Waals surface area contributed by atoms with Gasteiger partial charge in [-0.05, 0) is 13.8 Å². The largest absolute Gasteiger partial charge is 0.391 e. The highest BCUT2D eigenvalue weighted by atomic mass is 16.1. The van der Waals surface area contributed by atoms with Gasteiger partial charge in [-0.1, -0.05) is 24.3 Å². The van der Waals surface area contributed by atoms with Crippen LogP contribution in [0.25, 0.3) is 0 Å². The van der Waals surface area contributed by atoms with Gasteiger partial charge in [0.05, 0.1) is 5.57 Å². The van der Waals surface area contributed by atoms with Crippen LogP contribution in [-0.2, 0) is 0 Å². The monoisotopic (exact) mass is 335 g/mol. The molecule has 0 aromatic heterocycles. The zero-order valence-electron chi connectivity index (χ0n) is 15.1. The molecule has 0 radical (unpaired) electrons. The molecule has 2 aliphatic rings. The summed E-state index contributed by atoms with van der Waals surface area (Å²) in [6, 6.07) is 7.43. The quantitative estimate of drug-likeness (QED) is 0.832. The summed E-state index contributed by atoms with van der Waals surface area (Å²) in [5.74, 6) is 0.431. The lowest BCUT2D eigenvalue weighted by atomic mass is 9.82. The molecule has 128 valence electrons. The van der Waals surface area contributed by atoms with E-state index in [4.69, 9.17) is 5.41 Å². The van der Waals surface area contributed by atoms with Gasteiger partial charge in [-0.15, -0.1) is 0 Å². The second kappa shape index (κ2) is 6.12. The average molecular weight is 335 g/mol. The molecule has 3 rings (SSSR count). The van der Waals surface area contributed by atoms with Crippen molar-refractivity contribution in [3.8, 4) is 0 Å². The van der Waals surface area contributed by atoms with E-state index in [2.05, 4.69) is 15.3 Å². The van der Waals surface area contributed by atoms with Gasteiger partial charge in [0.2, 0.25) is 5.96 Å². The lowest BCUT2D eigenvalue weighted by molar-refractivity contribution is 0.103. The van der Waals surface area contributed by atoms with Crippen LogP contribution in [-0.4, -0.2) is 49.2 Å². The van der Waals surface area contributed by atoms with Gasteiger partial charge in [0.1, 0.15) is 11.4 Å². The third kappa shape index (κ3) is 2.59. The molecular weight excluding hydrogens is 314 g/mol. The number of carbonyl (C=O) groups excluding carboxylic acids is 1. The van der Waals surface area contributed by atoms with E-state index in [1.54, 1.807) is 20.0 Å². The molecule has 6 nitrogen and oxygen atoms in total. The summed E-state index contributed by atoms with van der Waals surface area (Å²) in [6.45, 7) is 3.54. The maximum atomic E-state index is 13.2. The summed E-state index contributed by atoms with van der Waals surface area (Å²) >= 11 is 0. The van der Waals surface area contributed by atoms with Crippen molar-refractivity contribution in [2.45, 2.75) is 13.8 Å². The molecule has 1 aliphatic heterocycles. The van der Waals surface area contributed by atoms with E-state index in [0.717, 1.165) is 11.3 Å². The summed E-state index contributed by atoms with van der Waals surface area (Å²) in [6.07, 6.45) is 0. The standard InChI is InChI=1S/C19H21N5O/c1-10(20)14(11(2)21-3)15-17-16(22-19(23-17)24(4)5)12-8-6-7-9-13(12)18(15)25/h6-9,20-21H,1-5H3/b14-11+,20-10?. The van der Waals surface area contributed by atoms with Crippen LogP contribution in [0.5, 0.6) is 0 Å². The maximum Gasteiger partial charge on any atom is 0.226 e. The molecule has 6 heteroatoms. The average Bonchev–Trinajstić information content (AvgIpc) is 3.03. The van der Waals surface area contributed by atoms with Crippen LogP contribution in [0.15, 0.2) is 56.8 Å². The van der Waals surface area contributed by atoms with E-state index >= 15 is 0 Å². The smallest absolute Gasteiger partial charge is 0.226 e. The van der Waals surface area contributed by atoms with Crippen molar-refractivity contribution in [3.63, 3.8) is 0 Å². The van der Waals surface area contributed by atoms with Crippen molar-refractivity contribution < 1.29 is 4.79 Å². The van der Waals surface area contributed by atoms with E-state index in [1.807, 2.05) is 44.1 Å². The van der Waals surface area contributed by atoms with Gasteiger partial charge in [-0.25, -0.2) is 9.98 Å². The second-order valence-corrected chi connectivity index (χ2v) is 6.24. The van der Waals surface area contributed by atoms with E-state index in [9.17, 15) is 4.79 Å². The number of allylic oxidation sites excluding steroid dienone is 4. The highest BCUT2D eigenvalue weighted by Crippen LogP contribution is 2.35. The Kier molecular flexibility index (Phi) is 4.12. The topological polar surface area (TPSA) is 80.9 Å². The number of ketones is 1. The zero-order chi connectivity index (χ0) is 18.3. The predicted molar refractivity (Wildman–Crippen MR) is 101 cm³/mol. The molecule has 0 saturated heterocycles. The van der Waals surface area contributed by atoms with Crippen LogP contribution in [0.3, 0.4) is 0 Å². The molecule has 0 unspecified atom stereocenters. The third-order valence-electron chi connectivity index (χ3n) is 4.31. The number of hydrogen-bond acceptors (Lipinski definition) is 6. The highest BCUT2D eigenvalue weighted by molar-refractivity contribution is 6.35. The summed E-state index contributed by atoms with van der Waals surface area (Å²) < 4.78 is 0. The number of benzene rings is 1. The molecule has 0 bridgehead atoms. The minimum absolute atomic E-state index is 0.121. The number of nitrogens with one attached hydrogen (secondary N) is 2. The predicted octanol–water partition coefficient (Wildman–Crippen LogP) is 2.39. The molecule has 1 aromatic carbocycles. The first-order chi connectivity index (χ1) is 11.9. The van der Waals surface area contributed by atoms with Crippen LogP contribution in [0.2, 0.25) is 0 Å². The Balaban J connectivity index is 2.37. The zero-order valence-corrected chi connectivity index (χ0v) is 15.1. The van der Waals surface area contributed by atoms with E-state index < -0.39 is 0 Å². The maximum absolute atomic E-state index is 13.2. The van der Waals surface area contributed by atoms with Crippen molar-refractivity contribution in [2.24, 2.45) is 9.98 Å². The molecule has 0 saturated carbocycles. The fourth-order valence-electron chi connectivity index (χ4n) is 3.04. The molecule has 1 heterocycles. The Labute approximate surface area is 147 Å². The van der Waals surface area contributed by atoms with E-state index in [1.165, 1.54) is 0 Å². The lowest BCUT2D eigenvalue weighted by Crippen LogP contribution is -2.25. The number of aliphatic imine (C=N–C) groups is 2. The number of guanidine groups is 1. The van der Waals surface area contributed by atoms with Gasteiger partial charge in [0.15, 0.2) is 5.78 Å². The SMILES string of the molecule is CN/C(C)=C(\C(C)=N)C1=C2N=C(N(C)C)N=C2c2ccccc2C1=O. The Bertz CT molecular complexity index is 915. The highest BCUT2D eigenvalue weighted by Gasteiger charge is 2.36. The summed E-state index contributed by atoms with van der Waals surface area (Å²) in [5.41, 5.74) is 4.71. The molecule has 0 fully saturated rings. The number of Topliss-reactive ketones (excluding diaryl/α,β-unsaturated/α-hetero) is 1. The first-order valence-corrected chi connectivity index (χ1v) is 8.04. The number of fused-ring (bicyclic) bond motifs is 3. The van der Waals surface area contributed by atoms with Gasteiger partial charge >= 0.3 is 0 Å². The summed E-state index contributed by atoms with van der Waals surface area (Å²) in [7, 11) is 5.51. The van der Waals surface area contributed by atoms with Gasteiger partial charge in [-0.3, -0.25) is 4.79 Å². The van der Waals surface area contributed by atoms with Crippen LogP contribution in [0.4, 0.5) is 0 Å². The Morgan fingerprint density at radius 2 is 1.76 bits per heavy atom. The molecule has 0 spiro atoms. The second-order valence-electron chi connectivity index (χ2n) is 6.24. The number of carbonyl (C=O) groups is 1. The lowest BCUT2D eigenvalue weighted by Gasteiger charge is -2.22. The van der Waals surface area contributed by atoms with E-state index in [-0.39, 0.29) is 5.78 Å². The minimum Gasteiger partial charge on any atom is -0.391 e. The molecule has 1 aromatic rings. The van der Waals surface area contributed by atoms with Crippen molar-refractivity contribution in [3.05, 3.63) is 57.9 Å². The van der Waals surface area contributed by atoms with Crippen LogP contribution in [0.1, 0.15) is 29.8 Å². The van der Waals surface area contributed by atoms with Crippen LogP contribution >= 0.6 is 0 Å². The van der Waals surface area contributed by atoms with Gasteiger partial charge in [0.25, 0.3) is 0 Å². The van der Waals surface area contributed by atoms with Crippen LogP contribution in [0, 0.1) is 5.41 Å². The van der Waals surface area contributed by atoms with Crippen molar-refractivity contribution in [1.82, 2.24) is 10.2 Å². The van der Waals surface area contributed by atoms with E-state index in [0.29, 0.717) is 39.8 Å². The Hall–Kier alpha value is -3.02. The molecule has 2 N–H and O–H groups in total. The van der Waals surface area contributed by atoms with Crippen molar-refractivity contribution >= 4 is 23.2 Å². The first-order valence-electron chi connectivity index (χ1n) is 8.04. The summed E-state index contributed by atoms with van der Waals surface area (Å²) in [5, 5.41) is 11.3. The Morgan fingerprint density at radius 1 is 1.12 bits per heavy atom. The summed E-state index contributed by atoms with van der Waals surface area (Å²) in [4.78, 5) is 24.3. The van der Waals surface area contributed by atoms with Crippen LogP contribution < -0.4 is 5.32 Å². The van der Waals surface area contributed by atoms with Gasteiger partial charge < -0.3 is 15.6 Å². The number of hydrogen-bond donors (Lipinski definition) is 2. The molecular formula is C19H21N5O. The molecule has 25 heavy (non-hydrogen) atoms. The van der Waals surface area contributed by atoms with Crippen molar-refractivity contribution in [2.75, 3.05) is 21.1 Å². The minimum atomic E-state index is -0.121. The number of nitrogens with zero attached hydrogens (tertiary/aromatic N) is 3. The van der Waals surface area contributed by atoms with Crippen molar-refractivity contribution in [1.29, 1.82) is 5.41 Å². The number of rotatable bonds is 3.